The summed E-state index contributed by atoms with van der Waals surface area (Å²) >= 11 is 0. The quantitative estimate of drug-likeness (QED) is 0.356. The molecule has 26 heavy (non-hydrogen) atoms. The van der Waals surface area contributed by atoms with Crippen LogP contribution in [-0.4, -0.2) is 41.3 Å². The van der Waals surface area contributed by atoms with E-state index in [1.54, 1.807) is 17.8 Å². The van der Waals surface area contributed by atoms with Gasteiger partial charge < -0.3 is 14.3 Å². The van der Waals surface area contributed by atoms with Gasteiger partial charge in [-0.2, -0.15) is 5.10 Å². The van der Waals surface area contributed by atoms with Gasteiger partial charge in [0.25, 0.3) is 0 Å². The van der Waals surface area contributed by atoms with E-state index in [4.69, 9.17) is 14.3 Å². The molecule has 0 saturated heterocycles. The highest BCUT2D eigenvalue weighted by Crippen LogP contribution is 2.23. The first kappa shape index (κ1) is 21.7. The minimum absolute atomic E-state index is 0.274. The topological polar surface area (TPSA) is 74.9 Å². The van der Waals surface area contributed by atoms with Crippen molar-refractivity contribution in [2.24, 2.45) is 16.5 Å². The summed E-state index contributed by atoms with van der Waals surface area (Å²) in [6.07, 6.45) is 5.17. The molecule has 0 aliphatic rings. The summed E-state index contributed by atoms with van der Waals surface area (Å²) in [5, 5.41) is 8.20. The fraction of sp³-hybridized carbons (Fsp3) is 0.632. The van der Waals surface area contributed by atoms with Crippen LogP contribution in [0.2, 0.25) is 0 Å². The fourth-order valence-corrected chi connectivity index (χ4v) is 1.84. The van der Waals surface area contributed by atoms with Crippen molar-refractivity contribution in [3.63, 3.8) is 0 Å². The number of aromatic nitrogens is 2. The molecule has 1 heterocycles. The zero-order chi connectivity index (χ0) is 19.7. The lowest BCUT2D eigenvalue weighted by Gasteiger charge is -2.18. The van der Waals surface area contributed by atoms with Gasteiger partial charge in [-0.25, -0.2) is 9.48 Å². The highest BCUT2D eigenvalue weighted by Gasteiger charge is 2.21. The monoisotopic (exact) mass is 365 g/mol. The molecule has 0 bridgehead atoms. The maximum absolute atomic E-state index is 12.1. The average Bonchev–Trinajstić information content (AvgIpc) is 2.93. The molecule has 0 radical (unpaired) electrons. The molecule has 0 saturated carbocycles. The van der Waals surface area contributed by atoms with Crippen LogP contribution in [0.5, 0.6) is 5.88 Å². The first-order valence-electron chi connectivity index (χ1n) is 8.86. The molecule has 0 fully saturated rings. The van der Waals surface area contributed by atoms with E-state index in [0.717, 1.165) is 5.71 Å². The molecule has 1 aromatic rings. The van der Waals surface area contributed by atoms with Crippen LogP contribution in [0.3, 0.4) is 0 Å². The Morgan fingerprint density at radius 3 is 2.65 bits per heavy atom. The van der Waals surface area contributed by atoms with Gasteiger partial charge in [-0.3, -0.25) is 0 Å². The Kier molecular flexibility index (Phi) is 8.35. The number of esters is 1. The number of nitrogens with zero attached hydrogens (tertiary/aromatic N) is 3. The number of ether oxygens (including phenoxy) is 2. The summed E-state index contributed by atoms with van der Waals surface area (Å²) in [4.78, 5) is 17.5. The minimum Gasteiger partial charge on any atom is -0.477 e. The molecule has 0 amide bonds. The lowest BCUT2D eigenvalue weighted by molar-refractivity contribution is 0.0520. The summed E-state index contributed by atoms with van der Waals surface area (Å²) in [6, 6.07) is 0. The molecule has 7 heteroatoms. The van der Waals surface area contributed by atoms with Gasteiger partial charge in [0.15, 0.2) is 0 Å². The van der Waals surface area contributed by atoms with Crippen molar-refractivity contribution in [2.75, 3.05) is 19.8 Å². The smallest absolute Gasteiger partial charge is 0.345 e. The minimum atomic E-state index is -0.443. The standard InChI is InChI=1S/C19H31N3O4/c1-8-24-18(23)16-11-20-22(17(16)25-12-14(2)3)10-9-19(6,7)13-26-21-15(4)5/h9-11,14H,8,12-13H2,1-7H3. The van der Waals surface area contributed by atoms with Crippen LogP contribution in [-0.2, 0) is 9.57 Å². The van der Waals surface area contributed by atoms with Crippen molar-refractivity contribution >= 4 is 17.9 Å². The van der Waals surface area contributed by atoms with E-state index < -0.39 is 5.97 Å². The molecule has 1 aromatic heterocycles. The number of oxime groups is 1. The summed E-state index contributed by atoms with van der Waals surface area (Å²) in [7, 11) is 0. The van der Waals surface area contributed by atoms with E-state index in [2.05, 4.69) is 10.3 Å². The number of hydrogen-bond donors (Lipinski definition) is 0. The van der Waals surface area contributed by atoms with Crippen LogP contribution in [0.1, 0.15) is 58.8 Å². The molecule has 0 aliphatic heterocycles. The van der Waals surface area contributed by atoms with Crippen molar-refractivity contribution in [3.05, 3.63) is 17.8 Å². The van der Waals surface area contributed by atoms with Crippen molar-refractivity contribution in [3.8, 4) is 5.88 Å². The van der Waals surface area contributed by atoms with E-state index in [1.807, 2.05) is 47.6 Å². The Morgan fingerprint density at radius 2 is 2.08 bits per heavy atom. The van der Waals surface area contributed by atoms with Crippen LogP contribution < -0.4 is 4.74 Å². The second-order valence-electron chi connectivity index (χ2n) is 7.35. The van der Waals surface area contributed by atoms with Crippen molar-refractivity contribution in [2.45, 2.75) is 48.5 Å². The molecular formula is C19H31N3O4. The third kappa shape index (κ3) is 7.29. The molecule has 1 rings (SSSR count). The van der Waals surface area contributed by atoms with E-state index in [-0.39, 0.29) is 5.41 Å². The van der Waals surface area contributed by atoms with Gasteiger partial charge in [-0.15, -0.1) is 0 Å². The third-order valence-corrected chi connectivity index (χ3v) is 3.15. The normalized spacial score (nSPS) is 11.7. The van der Waals surface area contributed by atoms with E-state index >= 15 is 0 Å². The van der Waals surface area contributed by atoms with Crippen molar-refractivity contribution < 1.29 is 19.1 Å². The van der Waals surface area contributed by atoms with Gasteiger partial charge in [0, 0.05) is 11.6 Å². The van der Waals surface area contributed by atoms with Crippen LogP contribution in [0, 0.1) is 11.3 Å². The summed E-state index contributed by atoms with van der Waals surface area (Å²) in [5.74, 6) is 0.256. The maximum atomic E-state index is 12.1. The average molecular weight is 365 g/mol. The molecule has 0 atom stereocenters. The fourth-order valence-electron chi connectivity index (χ4n) is 1.84. The second-order valence-corrected chi connectivity index (χ2v) is 7.35. The Bertz CT molecular complexity index is 641. The lowest BCUT2D eigenvalue weighted by Crippen LogP contribution is -2.16. The highest BCUT2D eigenvalue weighted by molar-refractivity contribution is 5.92. The van der Waals surface area contributed by atoms with Crippen LogP contribution in [0.25, 0.3) is 6.20 Å². The summed E-state index contributed by atoms with van der Waals surface area (Å²) < 4.78 is 12.4. The summed E-state index contributed by atoms with van der Waals surface area (Å²) in [6.45, 7) is 14.8. The molecule has 0 spiro atoms. The zero-order valence-electron chi connectivity index (χ0n) is 16.9. The zero-order valence-corrected chi connectivity index (χ0v) is 16.9. The predicted molar refractivity (Wildman–Crippen MR) is 102 cm³/mol. The molecule has 7 nitrogen and oxygen atoms in total. The van der Waals surface area contributed by atoms with E-state index in [9.17, 15) is 4.79 Å². The van der Waals surface area contributed by atoms with Gasteiger partial charge in [-0.05, 0) is 26.7 Å². The van der Waals surface area contributed by atoms with Crippen LogP contribution in [0.4, 0.5) is 0 Å². The predicted octanol–water partition coefficient (Wildman–Crippen LogP) is 4.00. The van der Waals surface area contributed by atoms with Gasteiger partial charge in [-0.1, -0.05) is 38.9 Å². The van der Waals surface area contributed by atoms with Gasteiger partial charge in [0.05, 0.1) is 25.1 Å². The van der Waals surface area contributed by atoms with Crippen LogP contribution in [0.15, 0.2) is 17.4 Å². The second kappa shape index (κ2) is 9.99. The third-order valence-electron chi connectivity index (χ3n) is 3.15. The largest absolute Gasteiger partial charge is 0.477 e. The molecule has 0 aromatic carbocycles. The van der Waals surface area contributed by atoms with Crippen molar-refractivity contribution in [1.29, 1.82) is 0 Å². The number of hydrogen-bond acceptors (Lipinski definition) is 6. The first-order valence-corrected chi connectivity index (χ1v) is 8.86. The maximum Gasteiger partial charge on any atom is 0.345 e. The molecular weight excluding hydrogens is 334 g/mol. The SMILES string of the molecule is CCOC(=O)c1cnn(C=CC(C)(C)CON=C(C)C)c1OCC(C)C. The summed E-state index contributed by atoms with van der Waals surface area (Å²) in [5.41, 5.74) is 0.905. The Morgan fingerprint density at radius 1 is 1.38 bits per heavy atom. The Balaban J connectivity index is 2.99. The Hall–Kier alpha value is -2.31. The number of rotatable bonds is 10. The highest BCUT2D eigenvalue weighted by atomic mass is 16.6. The molecule has 0 aliphatic carbocycles. The number of carbonyl (C=O) groups excluding carboxylic acids is 1. The Labute approximate surface area is 156 Å². The molecule has 0 N–H and O–H groups in total. The number of carbonyl (C=O) groups is 1. The van der Waals surface area contributed by atoms with Gasteiger partial charge >= 0.3 is 5.97 Å². The van der Waals surface area contributed by atoms with Gasteiger partial charge in [0.2, 0.25) is 5.88 Å². The first-order chi connectivity index (χ1) is 12.2. The van der Waals surface area contributed by atoms with E-state index in [0.29, 0.717) is 37.2 Å². The molecule has 0 unspecified atom stereocenters. The lowest BCUT2D eigenvalue weighted by atomic mass is 9.95. The van der Waals surface area contributed by atoms with Crippen LogP contribution >= 0.6 is 0 Å². The van der Waals surface area contributed by atoms with E-state index in [1.165, 1.54) is 6.20 Å². The molecule has 146 valence electrons. The van der Waals surface area contributed by atoms with Crippen molar-refractivity contribution in [1.82, 2.24) is 9.78 Å². The van der Waals surface area contributed by atoms with Gasteiger partial charge in [0.1, 0.15) is 12.2 Å².